The van der Waals surface area contributed by atoms with Gasteiger partial charge in [0.2, 0.25) is 4.96 Å². The van der Waals surface area contributed by atoms with Crippen molar-refractivity contribution in [3.63, 3.8) is 0 Å². The summed E-state index contributed by atoms with van der Waals surface area (Å²) in [5, 5.41) is 5.02. The highest BCUT2D eigenvalue weighted by molar-refractivity contribution is 7.16. The third-order valence-electron chi connectivity index (χ3n) is 3.67. The smallest absolute Gasteiger partial charge is 0.338 e. The van der Waals surface area contributed by atoms with Gasteiger partial charge in [-0.3, -0.25) is 4.79 Å². The molecule has 2 heterocycles. The average Bonchev–Trinajstić information content (AvgIpc) is 3.09. The molecule has 0 aliphatic carbocycles. The monoisotopic (exact) mass is 387 g/mol. The fourth-order valence-electron chi connectivity index (χ4n) is 2.29. The summed E-state index contributed by atoms with van der Waals surface area (Å²) in [5.74, 6) is 0.652. The molecular formula is C19H21N3O4S. The Morgan fingerprint density at radius 1 is 1.26 bits per heavy atom. The van der Waals surface area contributed by atoms with E-state index in [1.807, 2.05) is 6.92 Å². The van der Waals surface area contributed by atoms with E-state index in [0.29, 0.717) is 34.5 Å². The zero-order chi connectivity index (χ0) is 19.4. The van der Waals surface area contributed by atoms with Crippen LogP contribution in [-0.2, 0) is 17.8 Å². The lowest BCUT2D eigenvalue weighted by Gasteiger charge is -2.09. The highest BCUT2D eigenvalue weighted by atomic mass is 32.1. The van der Waals surface area contributed by atoms with Crippen molar-refractivity contribution in [2.45, 2.75) is 33.8 Å². The first-order valence-electron chi connectivity index (χ1n) is 8.75. The number of carbonyl (C=O) groups excluding carboxylic acids is 1. The number of ether oxygens (including phenoxy) is 2. The van der Waals surface area contributed by atoms with Gasteiger partial charge in [0.15, 0.2) is 0 Å². The Labute approximate surface area is 160 Å². The maximum atomic E-state index is 12.2. The van der Waals surface area contributed by atoms with Crippen LogP contribution in [0, 0.1) is 5.92 Å². The standard InChI is InChI=1S/C19H21N3O4S/c1-4-16-21-22-17(23)9-14(20-19(22)27-16)11-26-18(24)13-5-7-15(8-6-13)25-10-12(2)3/h5-9,12H,4,10-11H2,1-3H3. The fraction of sp³-hybridized carbons (Fsp3) is 0.368. The lowest BCUT2D eigenvalue weighted by atomic mass is 10.2. The van der Waals surface area contributed by atoms with Crippen molar-refractivity contribution in [3.05, 3.63) is 57.0 Å². The number of aromatic nitrogens is 3. The molecule has 0 amide bonds. The maximum absolute atomic E-state index is 12.2. The van der Waals surface area contributed by atoms with Gasteiger partial charge in [-0.1, -0.05) is 32.1 Å². The Kier molecular flexibility index (Phi) is 5.85. The number of fused-ring (bicyclic) bond motifs is 1. The zero-order valence-electron chi connectivity index (χ0n) is 15.5. The number of benzene rings is 1. The maximum Gasteiger partial charge on any atom is 0.338 e. The molecule has 3 rings (SSSR count). The van der Waals surface area contributed by atoms with Crippen molar-refractivity contribution in [1.29, 1.82) is 0 Å². The number of rotatable bonds is 7. The summed E-state index contributed by atoms with van der Waals surface area (Å²) < 4.78 is 12.1. The predicted molar refractivity (Wildman–Crippen MR) is 102 cm³/mol. The molecular weight excluding hydrogens is 366 g/mol. The summed E-state index contributed by atoms with van der Waals surface area (Å²) in [5.41, 5.74) is 0.529. The van der Waals surface area contributed by atoms with Gasteiger partial charge in [-0.2, -0.15) is 9.61 Å². The Balaban J connectivity index is 1.65. The second kappa shape index (κ2) is 8.30. The molecule has 0 saturated heterocycles. The fourth-order valence-corrected chi connectivity index (χ4v) is 3.14. The predicted octanol–water partition coefficient (Wildman–Crippen LogP) is 3.11. The summed E-state index contributed by atoms with van der Waals surface area (Å²) in [4.78, 5) is 29.2. The Morgan fingerprint density at radius 3 is 2.67 bits per heavy atom. The highest BCUT2D eigenvalue weighted by Crippen LogP contribution is 2.15. The van der Waals surface area contributed by atoms with E-state index in [2.05, 4.69) is 23.9 Å². The van der Waals surface area contributed by atoms with E-state index in [9.17, 15) is 9.59 Å². The van der Waals surface area contributed by atoms with Crippen LogP contribution in [0.4, 0.5) is 0 Å². The molecule has 142 valence electrons. The minimum atomic E-state index is -0.481. The SMILES string of the molecule is CCc1nn2c(=O)cc(COC(=O)c3ccc(OCC(C)C)cc3)nc2s1. The lowest BCUT2D eigenvalue weighted by molar-refractivity contribution is 0.0467. The topological polar surface area (TPSA) is 82.8 Å². The number of hydrogen-bond donors (Lipinski definition) is 0. The Bertz CT molecular complexity index is 992. The highest BCUT2D eigenvalue weighted by Gasteiger charge is 2.11. The van der Waals surface area contributed by atoms with Gasteiger partial charge >= 0.3 is 5.97 Å². The van der Waals surface area contributed by atoms with Gasteiger partial charge in [-0.15, -0.1) is 0 Å². The van der Waals surface area contributed by atoms with E-state index in [1.54, 1.807) is 24.3 Å². The van der Waals surface area contributed by atoms with Crippen LogP contribution in [0.1, 0.15) is 41.8 Å². The Hall–Kier alpha value is -2.74. The summed E-state index contributed by atoms with van der Waals surface area (Å²) >= 11 is 1.35. The number of aryl methyl sites for hydroxylation is 1. The van der Waals surface area contributed by atoms with Crippen molar-refractivity contribution < 1.29 is 14.3 Å². The number of nitrogens with zero attached hydrogens (tertiary/aromatic N) is 3. The molecule has 0 radical (unpaired) electrons. The van der Waals surface area contributed by atoms with Crippen molar-refractivity contribution in [1.82, 2.24) is 14.6 Å². The first-order chi connectivity index (χ1) is 13.0. The molecule has 3 aromatic rings. The molecule has 1 aromatic carbocycles. The van der Waals surface area contributed by atoms with Gasteiger partial charge in [-0.05, 0) is 36.6 Å². The van der Waals surface area contributed by atoms with E-state index in [0.717, 1.165) is 11.4 Å². The largest absolute Gasteiger partial charge is 0.493 e. The summed E-state index contributed by atoms with van der Waals surface area (Å²) in [6.45, 7) is 6.64. The number of esters is 1. The molecule has 0 bridgehead atoms. The van der Waals surface area contributed by atoms with Crippen molar-refractivity contribution >= 4 is 22.3 Å². The average molecular weight is 387 g/mol. The van der Waals surface area contributed by atoms with Crippen LogP contribution in [0.3, 0.4) is 0 Å². The second-order valence-electron chi connectivity index (χ2n) is 6.43. The van der Waals surface area contributed by atoms with Crippen LogP contribution < -0.4 is 10.3 Å². The molecule has 0 saturated carbocycles. The quantitative estimate of drug-likeness (QED) is 0.579. The van der Waals surface area contributed by atoms with Crippen molar-refractivity contribution in [2.24, 2.45) is 5.92 Å². The third-order valence-corrected chi connectivity index (χ3v) is 4.72. The van der Waals surface area contributed by atoms with Gasteiger partial charge in [-0.25, -0.2) is 9.78 Å². The van der Waals surface area contributed by atoms with E-state index >= 15 is 0 Å². The Morgan fingerprint density at radius 2 is 2.00 bits per heavy atom. The minimum absolute atomic E-state index is 0.0739. The van der Waals surface area contributed by atoms with Gasteiger partial charge in [0.1, 0.15) is 17.4 Å². The lowest BCUT2D eigenvalue weighted by Crippen LogP contribution is -2.16. The molecule has 7 nitrogen and oxygen atoms in total. The normalized spacial score (nSPS) is 11.1. The van der Waals surface area contributed by atoms with Crippen LogP contribution in [0.25, 0.3) is 4.96 Å². The molecule has 0 fully saturated rings. The van der Waals surface area contributed by atoms with E-state index in [4.69, 9.17) is 9.47 Å². The van der Waals surface area contributed by atoms with Gasteiger partial charge in [0.25, 0.3) is 5.56 Å². The van der Waals surface area contributed by atoms with E-state index < -0.39 is 5.97 Å². The number of hydrogen-bond acceptors (Lipinski definition) is 7. The zero-order valence-corrected chi connectivity index (χ0v) is 16.3. The molecule has 0 unspecified atom stereocenters. The molecule has 0 aliphatic heterocycles. The molecule has 0 atom stereocenters. The van der Waals surface area contributed by atoms with E-state index in [-0.39, 0.29) is 12.2 Å². The molecule has 0 spiro atoms. The molecule has 8 heteroatoms. The van der Waals surface area contributed by atoms with Gasteiger partial charge in [0, 0.05) is 6.07 Å². The summed E-state index contributed by atoms with van der Waals surface area (Å²) in [7, 11) is 0. The summed E-state index contributed by atoms with van der Waals surface area (Å²) in [6.07, 6.45) is 0.731. The minimum Gasteiger partial charge on any atom is -0.493 e. The van der Waals surface area contributed by atoms with Gasteiger partial charge in [0.05, 0.1) is 17.9 Å². The van der Waals surface area contributed by atoms with Crippen LogP contribution in [0.2, 0.25) is 0 Å². The molecule has 0 N–H and O–H groups in total. The van der Waals surface area contributed by atoms with Crippen LogP contribution in [0.5, 0.6) is 5.75 Å². The van der Waals surface area contributed by atoms with Crippen molar-refractivity contribution in [3.8, 4) is 5.75 Å². The number of carbonyl (C=O) groups is 1. The van der Waals surface area contributed by atoms with Crippen LogP contribution >= 0.6 is 11.3 Å². The second-order valence-corrected chi connectivity index (χ2v) is 7.48. The van der Waals surface area contributed by atoms with Crippen LogP contribution in [-0.4, -0.2) is 27.2 Å². The van der Waals surface area contributed by atoms with Crippen molar-refractivity contribution in [2.75, 3.05) is 6.61 Å². The molecule has 2 aromatic heterocycles. The molecule has 0 aliphatic rings. The first-order valence-corrected chi connectivity index (χ1v) is 9.56. The van der Waals surface area contributed by atoms with Gasteiger partial charge < -0.3 is 9.47 Å². The van der Waals surface area contributed by atoms with Crippen LogP contribution in [0.15, 0.2) is 35.1 Å². The summed E-state index contributed by atoms with van der Waals surface area (Å²) in [6, 6.07) is 8.11. The first kappa shape index (κ1) is 19.0. The molecule has 27 heavy (non-hydrogen) atoms. The third kappa shape index (κ3) is 4.71. The van der Waals surface area contributed by atoms with E-state index in [1.165, 1.54) is 21.9 Å².